The summed E-state index contributed by atoms with van der Waals surface area (Å²) in [5, 5.41) is 1.10. The van der Waals surface area contributed by atoms with Crippen molar-refractivity contribution in [1.82, 2.24) is 9.88 Å². The molecule has 0 saturated carbocycles. The van der Waals surface area contributed by atoms with Crippen LogP contribution in [0.15, 0.2) is 49.7 Å². The van der Waals surface area contributed by atoms with Crippen molar-refractivity contribution in [2.45, 2.75) is 19.8 Å². The van der Waals surface area contributed by atoms with Gasteiger partial charge in [-0.15, -0.1) is 13.2 Å². The molecule has 2 aromatic rings. The van der Waals surface area contributed by atoms with Crippen LogP contribution in [0.2, 0.25) is 0 Å². The maximum Gasteiger partial charge on any atom is 0.310 e. The van der Waals surface area contributed by atoms with Gasteiger partial charge in [-0.3, -0.25) is 9.69 Å². The Morgan fingerprint density at radius 2 is 2.04 bits per heavy atom. The van der Waals surface area contributed by atoms with Crippen LogP contribution in [0.1, 0.15) is 18.9 Å². The number of esters is 1. The van der Waals surface area contributed by atoms with Gasteiger partial charge < -0.3 is 9.72 Å². The van der Waals surface area contributed by atoms with Crippen molar-refractivity contribution < 1.29 is 9.53 Å². The number of nitrogens with one attached hydrogen (secondary N) is 1. The molecule has 4 heteroatoms. The van der Waals surface area contributed by atoms with Gasteiger partial charge in [0.25, 0.3) is 0 Å². The number of benzene rings is 1. The van der Waals surface area contributed by atoms with E-state index in [1.165, 1.54) is 5.56 Å². The number of ether oxygens (including phenoxy) is 1. The molecule has 1 heterocycles. The summed E-state index contributed by atoms with van der Waals surface area (Å²) >= 11 is 0. The van der Waals surface area contributed by atoms with Gasteiger partial charge in [-0.25, -0.2) is 0 Å². The number of para-hydroxylation sites is 1. The minimum Gasteiger partial charge on any atom is -0.424 e. The molecular weight excluding hydrogens is 288 g/mol. The van der Waals surface area contributed by atoms with E-state index in [1.54, 1.807) is 6.92 Å². The second-order valence-corrected chi connectivity index (χ2v) is 5.41. The summed E-state index contributed by atoms with van der Waals surface area (Å²) in [4.78, 5) is 17.0. The van der Waals surface area contributed by atoms with Crippen LogP contribution in [0.25, 0.3) is 10.9 Å². The third kappa shape index (κ3) is 4.33. The van der Waals surface area contributed by atoms with Crippen molar-refractivity contribution in [2.24, 2.45) is 0 Å². The Balaban J connectivity index is 2.16. The lowest BCUT2D eigenvalue weighted by Crippen LogP contribution is -2.26. The van der Waals surface area contributed by atoms with E-state index in [9.17, 15) is 4.79 Å². The fourth-order valence-electron chi connectivity index (χ4n) is 2.57. The number of hydrogen-bond acceptors (Lipinski definition) is 3. The molecule has 0 saturated heterocycles. The van der Waals surface area contributed by atoms with Gasteiger partial charge in [0.15, 0.2) is 5.75 Å². The molecule has 0 atom stereocenters. The van der Waals surface area contributed by atoms with Crippen LogP contribution in [-0.4, -0.2) is 35.5 Å². The van der Waals surface area contributed by atoms with Crippen molar-refractivity contribution in [3.8, 4) is 5.75 Å². The quantitative estimate of drug-likeness (QED) is 0.436. The lowest BCUT2D eigenvalue weighted by atomic mass is 10.1. The molecule has 23 heavy (non-hydrogen) atoms. The van der Waals surface area contributed by atoms with Crippen molar-refractivity contribution in [3.63, 3.8) is 0 Å². The summed E-state index contributed by atoms with van der Waals surface area (Å²) in [6.07, 6.45) is 7.07. The van der Waals surface area contributed by atoms with Crippen LogP contribution in [0.4, 0.5) is 0 Å². The van der Waals surface area contributed by atoms with Crippen LogP contribution in [0, 0.1) is 0 Å². The zero-order chi connectivity index (χ0) is 16.7. The number of fused-ring (bicyclic) bond motifs is 1. The molecule has 0 amide bonds. The van der Waals surface area contributed by atoms with Gasteiger partial charge in [0.1, 0.15) is 0 Å². The Kier molecular flexibility index (Phi) is 6.18. The second kappa shape index (κ2) is 8.34. The average molecular weight is 312 g/mol. The molecule has 1 aromatic carbocycles. The van der Waals surface area contributed by atoms with E-state index in [2.05, 4.69) is 29.1 Å². The zero-order valence-corrected chi connectivity index (χ0v) is 13.7. The topological polar surface area (TPSA) is 45.3 Å². The summed E-state index contributed by atoms with van der Waals surface area (Å²) in [5.74, 6) is 0.367. The monoisotopic (exact) mass is 312 g/mol. The summed E-state index contributed by atoms with van der Waals surface area (Å²) in [7, 11) is 0. The summed E-state index contributed by atoms with van der Waals surface area (Å²) < 4.78 is 5.39. The van der Waals surface area contributed by atoms with Crippen LogP contribution in [0.3, 0.4) is 0 Å². The molecule has 122 valence electrons. The number of rotatable bonds is 9. The number of H-pyrrole nitrogens is 1. The second-order valence-electron chi connectivity index (χ2n) is 5.41. The van der Waals surface area contributed by atoms with E-state index in [-0.39, 0.29) is 5.97 Å². The van der Waals surface area contributed by atoms with Crippen molar-refractivity contribution in [3.05, 3.63) is 55.3 Å². The van der Waals surface area contributed by atoms with E-state index >= 15 is 0 Å². The third-order valence-corrected chi connectivity index (χ3v) is 3.75. The Hall–Kier alpha value is -2.33. The predicted octanol–water partition coefficient (Wildman–Crippen LogP) is 3.70. The maximum atomic E-state index is 11.5. The number of aromatic amines is 1. The molecule has 0 spiro atoms. The largest absolute Gasteiger partial charge is 0.424 e. The fourth-order valence-corrected chi connectivity index (χ4v) is 2.57. The minimum atomic E-state index is -0.225. The van der Waals surface area contributed by atoms with Crippen LogP contribution in [-0.2, 0) is 11.2 Å². The van der Waals surface area contributed by atoms with Gasteiger partial charge in [-0.1, -0.05) is 31.2 Å². The van der Waals surface area contributed by atoms with Crippen molar-refractivity contribution in [2.75, 3.05) is 19.6 Å². The molecule has 0 aliphatic carbocycles. The normalized spacial score (nSPS) is 10.9. The van der Waals surface area contributed by atoms with Crippen molar-refractivity contribution in [1.29, 1.82) is 0 Å². The van der Waals surface area contributed by atoms with Crippen LogP contribution >= 0.6 is 0 Å². The van der Waals surface area contributed by atoms with Gasteiger partial charge in [0.2, 0.25) is 0 Å². The van der Waals surface area contributed by atoms with Crippen LogP contribution in [0.5, 0.6) is 5.75 Å². The van der Waals surface area contributed by atoms with E-state index in [0.29, 0.717) is 12.2 Å². The number of aromatic nitrogens is 1. The van der Waals surface area contributed by atoms with E-state index in [4.69, 9.17) is 4.74 Å². The summed E-state index contributed by atoms with van der Waals surface area (Å²) in [6, 6.07) is 5.79. The molecule has 0 unspecified atom stereocenters. The Morgan fingerprint density at radius 1 is 1.30 bits per heavy atom. The molecule has 0 aliphatic heterocycles. The number of nitrogens with zero attached hydrogens (tertiary/aromatic N) is 1. The number of carbonyl (C=O) groups excluding carboxylic acids is 1. The van der Waals surface area contributed by atoms with Gasteiger partial charge in [-0.05, 0) is 18.1 Å². The standard InChI is InChI=1S/C19H24N2O2/c1-4-11-21(12-5-2)13-10-15-14-20-19-16(15)8-7-9-17(19)23-18(22)6-3/h4-5,7-9,14,20H,1-2,6,10-13H2,3H3. The molecule has 1 N–H and O–H groups in total. The van der Waals surface area contributed by atoms with E-state index < -0.39 is 0 Å². The van der Waals surface area contributed by atoms with Gasteiger partial charge >= 0.3 is 5.97 Å². The van der Waals surface area contributed by atoms with Crippen LogP contribution < -0.4 is 4.74 Å². The highest BCUT2D eigenvalue weighted by molar-refractivity contribution is 5.90. The molecule has 1 aromatic heterocycles. The first-order chi connectivity index (χ1) is 11.2. The lowest BCUT2D eigenvalue weighted by Gasteiger charge is -2.18. The zero-order valence-electron chi connectivity index (χ0n) is 13.7. The highest BCUT2D eigenvalue weighted by atomic mass is 16.5. The van der Waals surface area contributed by atoms with E-state index in [0.717, 1.165) is 37.0 Å². The Labute approximate surface area is 137 Å². The smallest absolute Gasteiger partial charge is 0.310 e. The summed E-state index contributed by atoms with van der Waals surface area (Å²) in [6.45, 7) is 12.0. The third-order valence-electron chi connectivity index (χ3n) is 3.75. The molecule has 4 nitrogen and oxygen atoms in total. The number of hydrogen-bond donors (Lipinski definition) is 1. The van der Waals surface area contributed by atoms with Gasteiger partial charge in [-0.2, -0.15) is 0 Å². The average Bonchev–Trinajstić information content (AvgIpc) is 2.97. The highest BCUT2D eigenvalue weighted by Crippen LogP contribution is 2.28. The first kappa shape index (κ1) is 17.0. The first-order valence-electron chi connectivity index (χ1n) is 7.93. The Bertz CT molecular complexity index is 678. The molecule has 2 rings (SSSR count). The Morgan fingerprint density at radius 3 is 2.70 bits per heavy atom. The molecule has 0 bridgehead atoms. The molecular formula is C19H24N2O2. The summed E-state index contributed by atoms with van der Waals surface area (Å²) in [5.41, 5.74) is 2.09. The minimum absolute atomic E-state index is 0.225. The lowest BCUT2D eigenvalue weighted by molar-refractivity contribution is -0.133. The molecule has 0 fully saturated rings. The number of carbonyl (C=O) groups is 1. The fraction of sp³-hybridized carbons (Fsp3) is 0.316. The molecule has 0 aliphatic rings. The van der Waals surface area contributed by atoms with Gasteiger partial charge in [0.05, 0.1) is 5.52 Å². The first-order valence-corrected chi connectivity index (χ1v) is 7.93. The van der Waals surface area contributed by atoms with Gasteiger partial charge in [0, 0.05) is 37.6 Å². The molecule has 0 radical (unpaired) electrons. The highest BCUT2D eigenvalue weighted by Gasteiger charge is 2.11. The predicted molar refractivity (Wildman–Crippen MR) is 94.8 cm³/mol. The maximum absolute atomic E-state index is 11.5. The van der Waals surface area contributed by atoms with Crippen molar-refractivity contribution >= 4 is 16.9 Å². The SMILES string of the molecule is C=CCN(CC=C)CCc1c[nH]c2c(OC(=O)CC)cccc12. The van der Waals surface area contributed by atoms with E-state index in [1.807, 2.05) is 30.5 Å².